The van der Waals surface area contributed by atoms with Crippen molar-refractivity contribution >= 4 is 23.3 Å². The van der Waals surface area contributed by atoms with Gasteiger partial charge in [-0.15, -0.1) is 0 Å². The third-order valence-corrected chi connectivity index (χ3v) is 5.74. The fourth-order valence-corrected chi connectivity index (χ4v) is 3.78. The summed E-state index contributed by atoms with van der Waals surface area (Å²) in [7, 11) is 0. The SMILES string of the molecule is CCN(CC)Cc1ccc(CNC(=O)N2CCN(c3cccc(Cl)c3)CC2)cc1. The van der Waals surface area contributed by atoms with E-state index >= 15 is 0 Å². The van der Waals surface area contributed by atoms with Gasteiger partial charge in [-0.25, -0.2) is 4.79 Å². The summed E-state index contributed by atoms with van der Waals surface area (Å²) in [4.78, 5) is 19.1. The lowest BCUT2D eigenvalue weighted by Crippen LogP contribution is -2.51. The standard InChI is InChI=1S/C23H31ClN4O/c1-3-26(4-2)18-20-10-8-19(9-11-20)17-25-23(29)28-14-12-27(13-15-28)22-7-5-6-21(24)16-22/h5-11,16H,3-4,12-15,17-18H2,1-2H3,(H,25,29). The Morgan fingerprint density at radius 1 is 1.00 bits per heavy atom. The molecular weight excluding hydrogens is 384 g/mol. The number of nitrogens with zero attached hydrogens (tertiary/aromatic N) is 3. The maximum Gasteiger partial charge on any atom is 0.317 e. The van der Waals surface area contributed by atoms with Crippen molar-refractivity contribution in [2.45, 2.75) is 26.9 Å². The minimum Gasteiger partial charge on any atom is -0.368 e. The van der Waals surface area contributed by atoms with Crippen LogP contribution in [0.15, 0.2) is 48.5 Å². The monoisotopic (exact) mass is 414 g/mol. The zero-order valence-corrected chi connectivity index (χ0v) is 18.2. The zero-order chi connectivity index (χ0) is 20.6. The average Bonchev–Trinajstić information content (AvgIpc) is 2.76. The van der Waals surface area contributed by atoms with Crippen molar-refractivity contribution in [2.75, 3.05) is 44.2 Å². The summed E-state index contributed by atoms with van der Waals surface area (Å²) in [6, 6.07) is 16.4. The van der Waals surface area contributed by atoms with Crippen LogP contribution in [-0.4, -0.2) is 55.1 Å². The van der Waals surface area contributed by atoms with Gasteiger partial charge in [0.1, 0.15) is 0 Å². The Hall–Kier alpha value is -2.24. The molecule has 3 rings (SSSR count). The molecule has 2 aromatic rings. The summed E-state index contributed by atoms with van der Waals surface area (Å²) < 4.78 is 0. The second-order valence-corrected chi connectivity index (χ2v) is 7.83. The van der Waals surface area contributed by atoms with Crippen molar-refractivity contribution in [3.63, 3.8) is 0 Å². The Bertz CT molecular complexity index is 784. The third kappa shape index (κ3) is 6.12. The van der Waals surface area contributed by atoms with Crippen molar-refractivity contribution in [3.05, 3.63) is 64.7 Å². The summed E-state index contributed by atoms with van der Waals surface area (Å²) in [6.45, 7) is 11.0. The molecule has 0 saturated carbocycles. The number of anilines is 1. The van der Waals surface area contributed by atoms with E-state index in [9.17, 15) is 4.79 Å². The fourth-order valence-electron chi connectivity index (χ4n) is 3.60. The predicted molar refractivity (Wildman–Crippen MR) is 121 cm³/mol. The van der Waals surface area contributed by atoms with Crippen LogP contribution < -0.4 is 10.2 Å². The van der Waals surface area contributed by atoms with E-state index in [0.717, 1.165) is 49.0 Å². The normalized spacial score (nSPS) is 14.3. The van der Waals surface area contributed by atoms with E-state index in [2.05, 4.69) is 59.3 Å². The van der Waals surface area contributed by atoms with Crippen LogP contribution in [0.1, 0.15) is 25.0 Å². The Morgan fingerprint density at radius 3 is 2.28 bits per heavy atom. The van der Waals surface area contributed by atoms with Gasteiger partial charge in [0.25, 0.3) is 0 Å². The summed E-state index contributed by atoms with van der Waals surface area (Å²) >= 11 is 6.09. The molecule has 156 valence electrons. The molecule has 0 aliphatic carbocycles. The van der Waals surface area contributed by atoms with E-state index in [1.54, 1.807) is 0 Å². The molecule has 0 radical (unpaired) electrons. The molecule has 29 heavy (non-hydrogen) atoms. The smallest absolute Gasteiger partial charge is 0.317 e. The van der Waals surface area contributed by atoms with E-state index in [1.165, 1.54) is 5.56 Å². The van der Waals surface area contributed by atoms with E-state index < -0.39 is 0 Å². The Labute approximate surface area is 179 Å². The van der Waals surface area contributed by atoms with Gasteiger partial charge in [-0.2, -0.15) is 0 Å². The van der Waals surface area contributed by atoms with Crippen LogP contribution in [0.4, 0.5) is 10.5 Å². The van der Waals surface area contributed by atoms with Crippen LogP contribution in [0, 0.1) is 0 Å². The Morgan fingerprint density at radius 2 is 1.66 bits per heavy atom. The minimum atomic E-state index is 0.00274. The van der Waals surface area contributed by atoms with Crippen LogP contribution in [-0.2, 0) is 13.1 Å². The molecule has 1 heterocycles. The molecule has 1 N–H and O–H groups in total. The number of benzene rings is 2. The minimum absolute atomic E-state index is 0.00274. The third-order valence-electron chi connectivity index (χ3n) is 5.51. The summed E-state index contributed by atoms with van der Waals surface area (Å²) in [5.41, 5.74) is 3.54. The molecule has 6 heteroatoms. The number of urea groups is 1. The van der Waals surface area contributed by atoms with E-state index in [0.29, 0.717) is 19.6 Å². The van der Waals surface area contributed by atoms with Gasteiger partial charge >= 0.3 is 6.03 Å². The molecular formula is C23H31ClN4O. The molecule has 1 aliphatic rings. The van der Waals surface area contributed by atoms with Gasteiger partial charge in [-0.1, -0.05) is 55.8 Å². The number of carbonyl (C=O) groups is 1. The van der Waals surface area contributed by atoms with Gasteiger partial charge in [0.15, 0.2) is 0 Å². The fraction of sp³-hybridized carbons (Fsp3) is 0.435. The number of halogens is 1. The number of piperazine rings is 1. The Balaban J connectivity index is 1.44. The Kier molecular flexibility index (Phi) is 7.78. The van der Waals surface area contributed by atoms with Crippen molar-refractivity contribution in [2.24, 2.45) is 0 Å². The number of rotatable bonds is 7. The molecule has 1 aliphatic heterocycles. The first-order valence-corrected chi connectivity index (χ1v) is 10.8. The van der Waals surface area contributed by atoms with Gasteiger partial charge in [-0.3, -0.25) is 4.90 Å². The number of hydrogen-bond acceptors (Lipinski definition) is 3. The number of carbonyl (C=O) groups excluding carboxylic acids is 1. The first-order valence-electron chi connectivity index (χ1n) is 10.4. The molecule has 0 bridgehead atoms. The van der Waals surface area contributed by atoms with E-state index in [4.69, 9.17) is 11.6 Å². The van der Waals surface area contributed by atoms with Crippen LogP contribution in [0.5, 0.6) is 0 Å². The molecule has 0 atom stereocenters. The topological polar surface area (TPSA) is 38.8 Å². The van der Waals surface area contributed by atoms with Gasteiger partial charge < -0.3 is 15.1 Å². The van der Waals surface area contributed by atoms with E-state index in [-0.39, 0.29) is 6.03 Å². The van der Waals surface area contributed by atoms with Gasteiger partial charge in [0, 0.05) is 50.0 Å². The summed E-state index contributed by atoms with van der Waals surface area (Å²) in [5, 5.41) is 3.79. The van der Waals surface area contributed by atoms with Crippen molar-refractivity contribution < 1.29 is 4.79 Å². The molecule has 0 unspecified atom stereocenters. The molecule has 1 saturated heterocycles. The predicted octanol–water partition coefficient (Wildman–Crippen LogP) is 4.21. The molecule has 0 spiro atoms. The highest BCUT2D eigenvalue weighted by Crippen LogP contribution is 2.20. The maximum atomic E-state index is 12.5. The van der Waals surface area contributed by atoms with Crippen molar-refractivity contribution in [1.29, 1.82) is 0 Å². The first kappa shape index (κ1) is 21.5. The van der Waals surface area contributed by atoms with Gasteiger partial charge in [0.05, 0.1) is 0 Å². The average molecular weight is 415 g/mol. The summed E-state index contributed by atoms with van der Waals surface area (Å²) in [6.07, 6.45) is 0. The second-order valence-electron chi connectivity index (χ2n) is 7.39. The molecule has 0 aromatic heterocycles. The van der Waals surface area contributed by atoms with Crippen molar-refractivity contribution in [3.8, 4) is 0 Å². The van der Waals surface area contributed by atoms with Crippen LogP contribution in [0.2, 0.25) is 5.02 Å². The number of hydrogen-bond donors (Lipinski definition) is 1. The highest BCUT2D eigenvalue weighted by atomic mass is 35.5. The molecule has 5 nitrogen and oxygen atoms in total. The molecule has 1 fully saturated rings. The largest absolute Gasteiger partial charge is 0.368 e. The number of amides is 2. The maximum absolute atomic E-state index is 12.5. The lowest BCUT2D eigenvalue weighted by molar-refractivity contribution is 0.194. The van der Waals surface area contributed by atoms with Crippen LogP contribution in [0.3, 0.4) is 0 Å². The van der Waals surface area contributed by atoms with Crippen LogP contribution in [0.25, 0.3) is 0 Å². The molecule has 2 aromatic carbocycles. The number of nitrogens with one attached hydrogen (secondary N) is 1. The van der Waals surface area contributed by atoms with Crippen molar-refractivity contribution in [1.82, 2.24) is 15.1 Å². The first-order chi connectivity index (χ1) is 14.1. The quantitative estimate of drug-likeness (QED) is 0.737. The zero-order valence-electron chi connectivity index (χ0n) is 17.4. The molecule has 2 amide bonds. The van der Waals surface area contributed by atoms with Crippen LogP contribution >= 0.6 is 11.6 Å². The highest BCUT2D eigenvalue weighted by molar-refractivity contribution is 6.30. The second kappa shape index (κ2) is 10.5. The van der Waals surface area contributed by atoms with Gasteiger partial charge in [0.2, 0.25) is 0 Å². The lowest BCUT2D eigenvalue weighted by Gasteiger charge is -2.36. The van der Waals surface area contributed by atoms with Gasteiger partial charge in [-0.05, 0) is 42.4 Å². The summed E-state index contributed by atoms with van der Waals surface area (Å²) in [5.74, 6) is 0. The lowest BCUT2D eigenvalue weighted by atomic mass is 10.1. The van der Waals surface area contributed by atoms with E-state index in [1.807, 2.05) is 23.1 Å². The highest BCUT2D eigenvalue weighted by Gasteiger charge is 2.21.